The van der Waals surface area contributed by atoms with Crippen LogP contribution in [-0.4, -0.2) is 13.1 Å². The Morgan fingerprint density at radius 3 is 2.80 bits per heavy atom. The molecule has 1 aliphatic rings. The van der Waals surface area contributed by atoms with Crippen LogP contribution in [0.2, 0.25) is 4.34 Å². The molecular weight excluding hydrogens is 234 g/mol. The van der Waals surface area contributed by atoms with Crippen LogP contribution in [0.25, 0.3) is 0 Å². The molecular formula is C10H12ClNO2S. The van der Waals surface area contributed by atoms with E-state index < -0.39 is 0 Å². The summed E-state index contributed by atoms with van der Waals surface area (Å²) in [6, 6.07) is 3.77. The predicted octanol–water partition coefficient (Wildman–Crippen LogP) is 2.14. The fraction of sp³-hybridized carbons (Fsp3) is 0.500. The zero-order valence-corrected chi connectivity index (χ0v) is 9.90. The number of halogens is 1. The largest absolute Gasteiger partial charge is 0.469 e. The van der Waals surface area contributed by atoms with Crippen molar-refractivity contribution < 1.29 is 9.53 Å². The SMILES string of the molecule is COC(=O)C1CC(N)(c2ccc(Cl)s2)C1. The number of carbonyl (C=O) groups is 1. The van der Waals surface area contributed by atoms with Crippen molar-refractivity contribution >= 4 is 28.9 Å². The Morgan fingerprint density at radius 1 is 1.67 bits per heavy atom. The highest BCUT2D eigenvalue weighted by molar-refractivity contribution is 7.16. The number of rotatable bonds is 2. The van der Waals surface area contributed by atoms with Gasteiger partial charge in [-0.15, -0.1) is 11.3 Å². The van der Waals surface area contributed by atoms with Crippen LogP contribution in [0.3, 0.4) is 0 Å². The topological polar surface area (TPSA) is 52.3 Å². The highest BCUT2D eigenvalue weighted by atomic mass is 35.5. The predicted molar refractivity (Wildman–Crippen MR) is 59.9 cm³/mol. The monoisotopic (exact) mass is 245 g/mol. The summed E-state index contributed by atoms with van der Waals surface area (Å²) in [7, 11) is 1.40. The van der Waals surface area contributed by atoms with E-state index in [-0.39, 0.29) is 17.4 Å². The number of hydrogen-bond acceptors (Lipinski definition) is 4. The Bertz CT molecular complexity index is 385. The molecule has 0 atom stereocenters. The van der Waals surface area contributed by atoms with Gasteiger partial charge in [0, 0.05) is 4.88 Å². The van der Waals surface area contributed by atoms with E-state index in [0.717, 1.165) is 9.21 Å². The fourth-order valence-corrected chi connectivity index (χ4v) is 3.10. The van der Waals surface area contributed by atoms with Crippen molar-refractivity contribution in [1.82, 2.24) is 0 Å². The van der Waals surface area contributed by atoms with Crippen LogP contribution >= 0.6 is 22.9 Å². The van der Waals surface area contributed by atoms with E-state index >= 15 is 0 Å². The highest BCUT2D eigenvalue weighted by Gasteiger charge is 2.47. The molecule has 0 radical (unpaired) electrons. The zero-order chi connectivity index (χ0) is 11.1. The van der Waals surface area contributed by atoms with Crippen molar-refractivity contribution in [1.29, 1.82) is 0 Å². The van der Waals surface area contributed by atoms with Crippen LogP contribution in [0.15, 0.2) is 12.1 Å². The molecule has 1 aromatic heterocycles. The summed E-state index contributed by atoms with van der Waals surface area (Å²) >= 11 is 7.33. The quantitative estimate of drug-likeness (QED) is 0.813. The summed E-state index contributed by atoms with van der Waals surface area (Å²) in [5.74, 6) is -0.223. The van der Waals surface area contributed by atoms with Gasteiger partial charge >= 0.3 is 5.97 Å². The van der Waals surface area contributed by atoms with Gasteiger partial charge in [-0.05, 0) is 25.0 Å². The summed E-state index contributed by atoms with van der Waals surface area (Å²) in [6.45, 7) is 0. The molecule has 0 spiro atoms. The Hall–Kier alpha value is -0.580. The first-order valence-electron chi connectivity index (χ1n) is 4.68. The molecule has 15 heavy (non-hydrogen) atoms. The summed E-state index contributed by atoms with van der Waals surface area (Å²) in [5.41, 5.74) is 5.79. The number of nitrogens with two attached hydrogens (primary N) is 1. The summed E-state index contributed by atoms with van der Waals surface area (Å²) in [6.07, 6.45) is 1.30. The lowest BCUT2D eigenvalue weighted by molar-refractivity contribution is -0.151. The zero-order valence-electron chi connectivity index (χ0n) is 8.33. The fourth-order valence-electron chi connectivity index (χ4n) is 1.94. The molecule has 5 heteroatoms. The Labute approximate surface area is 97.2 Å². The van der Waals surface area contributed by atoms with Gasteiger partial charge in [-0.3, -0.25) is 4.79 Å². The molecule has 1 fully saturated rings. The van der Waals surface area contributed by atoms with E-state index in [0.29, 0.717) is 12.8 Å². The molecule has 1 saturated carbocycles. The molecule has 0 aromatic carbocycles. The van der Waals surface area contributed by atoms with Crippen LogP contribution in [0, 0.1) is 5.92 Å². The lowest BCUT2D eigenvalue weighted by atomic mass is 9.68. The molecule has 1 heterocycles. The van der Waals surface area contributed by atoms with Gasteiger partial charge in [0.1, 0.15) is 0 Å². The molecule has 1 aromatic rings. The maximum Gasteiger partial charge on any atom is 0.308 e. The molecule has 0 bridgehead atoms. The van der Waals surface area contributed by atoms with Crippen molar-refractivity contribution in [2.45, 2.75) is 18.4 Å². The van der Waals surface area contributed by atoms with Gasteiger partial charge in [-0.25, -0.2) is 0 Å². The lowest BCUT2D eigenvalue weighted by Gasteiger charge is -2.42. The number of methoxy groups -OCH3 is 1. The molecule has 3 nitrogen and oxygen atoms in total. The van der Waals surface area contributed by atoms with Crippen molar-refractivity contribution in [2.75, 3.05) is 7.11 Å². The molecule has 0 amide bonds. The second-order valence-corrected chi connectivity index (χ2v) is 5.60. The van der Waals surface area contributed by atoms with Gasteiger partial charge in [0.15, 0.2) is 0 Å². The highest BCUT2D eigenvalue weighted by Crippen LogP contribution is 2.46. The van der Waals surface area contributed by atoms with Crippen molar-refractivity contribution in [3.05, 3.63) is 21.3 Å². The second kappa shape index (κ2) is 3.77. The minimum atomic E-state index is -0.378. The van der Waals surface area contributed by atoms with E-state index in [2.05, 4.69) is 4.74 Å². The van der Waals surface area contributed by atoms with E-state index in [9.17, 15) is 4.79 Å². The second-order valence-electron chi connectivity index (χ2n) is 3.89. The van der Waals surface area contributed by atoms with E-state index in [4.69, 9.17) is 17.3 Å². The van der Waals surface area contributed by atoms with Crippen molar-refractivity contribution in [3.63, 3.8) is 0 Å². The first-order valence-corrected chi connectivity index (χ1v) is 5.87. The van der Waals surface area contributed by atoms with Gasteiger partial charge < -0.3 is 10.5 Å². The number of esters is 1. The molecule has 0 unspecified atom stereocenters. The van der Waals surface area contributed by atoms with Crippen LogP contribution in [0.5, 0.6) is 0 Å². The van der Waals surface area contributed by atoms with Crippen LogP contribution in [0.1, 0.15) is 17.7 Å². The minimum Gasteiger partial charge on any atom is -0.469 e. The van der Waals surface area contributed by atoms with Crippen molar-refractivity contribution in [3.8, 4) is 0 Å². The van der Waals surface area contributed by atoms with Gasteiger partial charge in [-0.2, -0.15) is 0 Å². The molecule has 82 valence electrons. The maximum absolute atomic E-state index is 11.2. The lowest BCUT2D eigenvalue weighted by Crippen LogP contribution is -2.51. The molecule has 0 aliphatic heterocycles. The molecule has 2 N–H and O–H groups in total. The number of carbonyl (C=O) groups excluding carboxylic acids is 1. The van der Waals surface area contributed by atoms with Crippen molar-refractivity contribution in [2.24, 2.45) is 11.7 Å². The Morgan fingerprint density at radius 2 is 2.33 bits per heavy atom. The van der Waals surface area contributed by atoms with Crippen LogP contribution in [-0.2, 0) is 15.1 Å². The third-order valence-corrected chi connectivity index (χ3v) is 4.27. The van der Waals surface area contributed by atoms with Crippen LogP contribution < -0.4 is 5.73 Å². The van der Waals surface area contributed by atoms with Gasteiger partial charge in [0.05, 0.1) is 22.9 Å². The van der Waals surface area contributed by atoms with Gasteiger partial charge in [0.25, 0.3) is 0 Å². The van der Waals surface area contributed by atoms with Gasteiger partial charge in [-0.1, -0.05) is 11.6 Å². The molecule has 1 aliphatic carbocycles. The molecule has 2 rings (SSSR count). The third-order valence-electron chi connectivity index (χ3n) is 2.82. The molecule has 0 saturated heterocycles. The van der Waals surface area contributed by atoms with E-state index in [1.807, 2.05) is 12.1 Å². The van der Waals surface area contributed by atoms with Gasteiger partial charge in [0.2, 0.25) is 0 Å². The van der Waals surface area contributed by atoms with E-state index in [1.54, 1.807) is 0 Å². The number of hydrogen-bond donors (Lipinski definition) is 1. The summed E-state index contributed by atoms with van der Waals surface area (Å²) in [5, 5.41) is 0. The standard InChI is InChI=1S/C10H12ClNO2S/c1-14-9(13)6-4-10(12,5-6)7-2-3-8(11)15-7/h2-3,6H,4-5,12H2,1H3. The third kappa shape index (κ3) is 1.89. The first kappa shape index (κ1) is 10.9. The minimum absolute atomic E-state index is 0.0547. The smallest absolute Gasteiger partial charge is 0.308 e. The first-order chi connectivity index (χ1) is 7.05. The average molecular weight is 246 g/mol. The Balaban J connectivity index is 2.05. The number of ether oxygens (including phenoxy) is 1. The summed E-state index contributed by atoms with van der Waals surface area (Å²) in [4.78, 5) is 12.3. The number of thiophene rings is 1. The van der Waals surface area contributed by atoms with E-state index in [1.165, 1.54) is 18.4 Å². The normalized spacial score (nSPS) is 29.7. The summed E-state index contributed by atoms with van der Waals surface area (Å²) < 4.78 is 5.40. The average Bonchev–Trinajstić information content (AvgIpc) is 2.59. The Kier molecular flexibility index (Phi) is 2.75. The maximum atomic E-state index is 11.2. The van der Waals surface area contributed by atoms with Crippen LogP contribution in [0.4, 0.5) is 0 Å².